The number of amides is 1. The van der Waals surface area contributed by atoms with E-state index in [9.17, 15) is 9.36 Å². The van der Waals surface area contributed by atoms with Crippen LogP contribution in [0.3, 0.4) is 0 Å². The van der Waals surface area contributed by atoms with Gasteiger partial charge in [-0.15, -0.1) is 0 Å². The van der Waals surface area contributed by atoms with Crippen molar-refractivity contribution in [3.63, 3.8) is 0 Å². The minimum absolute atomic E-state index is 0.138. The summed E-state index contributed by atoms with van der Waals surface area (Å²) in [6, 6.07) is 9.22. The van der Waals surface area contributed by atoms with Gasteiger partial charge < -0.3 is 14.6 Å². The molecule has 0 fully saturated rings. The van der Waals surface area contributed by atoms with Gasteiger partial charge in [0, 0.05) is 7.11 Å². The Morgan fingerprint density at radius 2 is 2.06 bits per heavy atom. The summed E-state index contributed by atoms with van der Waals surface area (Å²) in [5.41, 5.74) is 0.862. The molecule has 0 bridgehead atoms. The molecule has 0 aromatic heterocycles. The molecule has 18 heavy (non-hydrogen) atoms. The standard InChI is InChI=1S/C11H15ClNO4P/c1-9(18(12,15)16-2)13-11(14)17-8-10-6-4-3-5-7-10/h3-7,9H,8H2,1-2H3,(H,13,14). The second-order valence-corrected chi connectivity index (χ2v) is 7.18. The number of alkyl carbamates (subject to hydrolysis) is 1. The fourth-order valence-electron chi connectivity index (χ4n) is 1.17. The van der Waals surface area contributed by atoms with E-state index in [-0.39, 0.29) is 6.61 Å². The van der Waals surface area contributed by atoms with Gasteiger partial charge in [0.1, 0.15) is 12.4 Å². The van der Waals surface area contributed by atoms with Crippen LogP contribution in [-0.4, -0.2) is 19.0 Å². The Balaban J connectivity index is 2.41. The summed E-state index contributed by atoms with van der Waals surface area (Å²) < 4.78 is 21.1. The molecule has 0 aliphatic rings. The summed E-state index contributed by atoms with van der Waals surface area (Å²) in [5, 5.41) is 2.36. The summed E-state index contributed by atoms with van der Waals surface area (Å²) in [6.07, 6.45) is -0.690. The van der Waals surface area contributed by atoms with Crippen molar-refractivity contribution in [1.82, 2.24) is 5.32 Å². The van der Waals surface area contributed by atoms with Crippen LogP contribution in [0.5, 0.6) is 0 Å². The zero-order chi connectivity index (χ0) is 13.6. The molecule has 5 nitrogen and oxygen atoms in total. The molecular formula is C11H15ClNO4P. The molecule has 2 unspecified atom stereocenters. The number of nitrogens with one attached hydrogen (secondary N) is 1. The first kappa shape index (κ1) is 15.0. The van der Waals surface area contributed by atoms with Gasteiger partial charge in [-0.2, -0.15) is 0 Å². The van der Waals surface area contributed by atoms with E-state index in [0.29, 0.717) is 0 Å². The van der Waals surface area contributed by atoms with Crippen LogP contribution in [0.15, 0.2) is 30.3 Å². The largest absolute Gasteiger partial charge is 0.445 e. The van der Waals surface area contributed by atoms with E-state index >= 15 is 0 Å². The maximum absolute atomic E-state index is 11.6. The Labute approximate surface area is 111 Å². The molecule has 1 aromatic rings. The molecule has 1 amide bonds. The van der Waals surface area contributed by atoms with Gasteiger partial charge in [0.25, 0.3) is 0 Å². The number of benzene rings is 1. The fraction of sp³-hybridized carbons (Fsp3) is 0.364. The lowest BCUT2D eigenvalue weighted by atomic mass is 10.2. The average Bonchev–Trinajstić information content (AvgIpc) is 2.37. The van der Waals surface area contributed by atoms with Crippen molar-refractivity contribution >= 4 is 24.1 Å². The Kier molecular flexibility index (Phi) is 5.66. The van der Waals surface area contributed by atoms with E-state index in [1.54, 1.807) is 0 Å². The topological polar surface area (TPSA) is 64.6 Å². The molecular weight excluding hydrogens is 277 g/mol. The minimum Gasteiger partial charge on any atom is -0.445 e. The molecule has 1 N–H and O–H groups in total. The van der Waals surface area contributed by atoms with Crippen LogP contribution in [0.4, 0.5) is 4.79 Å². The maximum Gasteiger partial charge on any atom is 0.408 e. The SMILES string of the molecule is COP(=O)(Cl)C(C)NC(=O)OCc1ccccc1. The summed E-state index contributed by atoms with van der Waals surface area (Å²) in [5.74, 6) is -0.813. The highest BCUT2D eigenvalue weighted by molar-refractivity contribution is 7.85. The number of rotatable bonds is 5. The number of carbonyl (C=O) groups is 1. The average molecular weight is 292 g/mol. The van der Waals surface area contributed by atoms with Gasteiger partial charge in [0.2, 0.25) is 0 Å². The Hall–Kier alpha value is -1.03. The second-order valence-electron chi connectivity index (χ2n) is 3.59. The van der Waals surface area contributed by atoms with Crippen molar-refractivity contribution in [1.29, 1.82) is 0 Å². The van der Waals surface area contributed by atoms with E-state index in [1.807, 2.05) is 30.3 Å². The highest BCUT2D eigenvalue weighted by atomic mass is 35.7. The third-order valence-corrected chi connectivity index (χ3v) is 5.10. The quantitative estimate of drug-likeness (QED) is 0.845. The van der Waals surface area contributed by atoms with Gasteiger partial charge in [-0.3, -0.25) is 4.57 Å². The zero-order valence-electron chi connectivity index (χ0n) is 10.1. The predicted molar refractivity (Wildman–Crippen MR) is 69.7 cm³/mol. The van der Waals surface area contributed by atoms with Crippen molar-refractivity contribution in [3.05, 3.63) is 35.9 Å². The molecule has 0 saturated carbocycles. The van der Waals surface area contributed by atoms with E-state index in [1.165, 1.54) is 14.0 Å². The summed E-state index contributed by atoms with van der Waals surface area (Å²) >= 11 is 5.60. The monoisotopic (exact) mass is 291 g/mol. The lowest BCUT2D eigenvalue weighted by Gasteiger charge is -2.17. The van der Waals surface area contributed by atoms with E-state index in [2.05, 4.69) is 9.84 Å². The number of hydrogen-bond acceptors (Lipinski definition) is 4. The molecule has 100 valence electrons. The number of carbonyl (C=O) groups excluding carboxylic acids is 1. The molecule has 0 aliphatic heterocycles. The summed E-state index contributed by atoms with van der Waals surface area (Å²) in [7, 11) is 1.22. The molecule has 0 saturated heterocycles. The summed E-state index contributed by atoms with van der Waals surface area (Å²) in [6.45, 7) is -1.73. The Morgan fingerprint density at radius 3 is 2.61 bits per heavy atom. The van der Waals surface area contributed by atoms with Crippen LogP contribution in [-0.2, 0) is 20.4 Å². The van der Waals surface area contributed by atoms with Crippen molar-refractivity contribution in [2.75, 3.05) is 7.11 Å². The zero-order valence-corrected chi connectivity index (χ0v) is 11.8. The molecule has 7 heteroatoms. The molecule has 0 spiro atoms. The number of ether oxygens (including phenoxy) is 1. The van der Waals surface area contributed by atoms with Crippen molar-refractivity contribution in [2.45, 2.75) is 19.3 Å². The van der Waals surface area contributed by atoms with Crippen molar-refractivity contribution in [2.24, 2.45) is 0 Å². The van der Waals surface area contributed by atoms with E-state index in [0.717, 1.165) is 5.56 Å². The van der Waals surface area contributed by atoms with Gasteiger partial charge in [0.05, 0.1) is 0 Å². The van der Waals surface area contributed by atoms with Crippen molar-refractivity contribution < 1.29 is 18.6 Å². The molecule has 0 heterocycles. The molecule has 0 radical (unpaired) electrons. The van der Waals surface area contributed by atoms with Gasteiger partial charge in [0.15, 0.2) is 0 Å². The smallest absolute Gasteiger partial charge is 0.408 e. The van der Waals surface area contributed by atoms with Crippen molar-refractivity contribution in [3.8, 4) is 0 Å². The van der Waals surface area contributed by atoms with Gasteiger partial charge in [-0.25, -0.2) is 4.79 Å². The normalized spacial score (nSPS) is 15.5. The molecule has 2 atom stereocenters. The van der Waals surface area contributed by atoms with Gasteiger partial charge in [-0.1, -0.05) is 30.3 Å². The first-order chi connectivity index (χ1) is 8.45. The maximum atomic E-state index is 11.6. The lowest BCUT2D eigenvalue weighted by Crippen LogP contribution is -2.32. The molecule has 1 rings (SSSR count). The predicted octanol–water partition coefficient (Wildman–Crippen LogP) is 3.34. The van der Waals surface area contributed by atoms with Crippen LogP contribution in [0.1, 0.15) is 12.5 Å². The van der Waals surface area contributed by atoms with Crippen LogP contribution in [0, 0.1) is 0 Å². The third kappa shape index (κ3) is 4.69. The Bertz CT molecular complexity index is 440. The fourth-order valence-corrected chi connectivity index (χ4v) is 1.89. The van der Waals surface area contributed by atoms with Gasteiger partial charge in [-0.05, 0) is 23.7 Å². The van der Waals surface area contributed by atoms with Crippen LogP contribution < -0.4 is 5.32 Å². The van der Waals surface area contributed by atoms with Crippen LogP contribution >= 0.6 is 18.0 Å². The summed E-state index contributed by atoms with van der Waals surface area (Å²) in [4.78, 5) is 11.4. The third-order valence-electron chi connectivity index (χ3n) is 2.25. The molecule has 1 aromatic carbocycles. The highest BCUT2D eigenvalue weighted by Crippen LogP contribution is 2.55. The highest BCUT2D eigenvalue weighted by Gasteiger charge is 2.28. The number of halogens is 1. The minimum atomic E-state index is -3.35. The van der Waals surface area contributed by atoms with Crippen LogP contribution in [0.2, 0.25) is 0 Å². The molecule has 0 aliphatic carbocycles. The first-order valence-electron chi connectivity index (χ1n) is 5.28. The first-order valence-corrected chi connectivity index (χ1v) is 7.88. The lowest BCUT2D eigenvalue weighted by molar-refractivity contribution is 0.138. The van der Waals surface area contributed by atoms with Crippen LogP contribution in [0.25, 0.3) is 0 Å². The second kappa shape index (κ2) is 6.78. The Morgan fingerprint density at radius 1 is 1.44 bits per heavy atom. The van der Waals surface area contributed by atoms with E-state index < -0.39 is 18.6 Å². The number of hydrogen-bond donors (Lipinski definition) is 1. The van der Waals surface area contributed by atoms with Gasteiger partial charge >= 0.3 is 12.8 Å². The van der Waals surface area contributed by atoms with E-state index in [4.69, 9.17) is 16.0 Å².